The fraction of sp³-hybridized carbons (Fsp3) is 0.435. The van der Waals surface area contributed by atoms with Gasteiger partial charge in [0.1, 0.15) is 5.75 Å². The fourth-order valence-corrected chi connectivity index (χ4v) is 3.87. The molecular weight excluding hydrogens is 350 g/mol. The van der Waals surface area contributed by atoms with Crippen molar-refractivity contribution in [3.05, 3.63) is 60.2 Å². The lowest BCUT2D eigenvalue weighted by Gasteiger charge is -2.30. The number of benzene rings is 2. The van der Waals surface area contributed by atoms with Crippen molar-refractivity contribution >= 4 is 11.7 Å². The van der Waals surface area contributed by atoms with E-state index >= 15 is 0 Å². The smallest absolute Gasteiger partial charge is 0.319 e. The molecule has 1 fully saturated rings. The lowest BCUT2D eigenvalue weighted by molar-refractivity contribution is 0.250. The highest BCUT2D eigenvalue weighted by atomic mass is 16.5. The summed E-state index contributed by atoms with van der Waals surface area (Å²) in [7, 11) is 1.61. The molecule has 2 aromatic carbocycles. The second-order valence-electron chi connectivity index (χ2n) is 7.49. The number of hydrogen-bond acceptors (Lipinski definition) is 3. The fourth-order valence-electron chi connectivity index (χ4n) is 3.87. The van der Waals surface area contributed by atoms with E-state index in [1.807, 2.05) is 18.2 Å². The second-order valence-corrected chi connectivity index (χ2v) is 7.49. The van der Waals surface area contributed by atoms with Gasteiger partial charge in [0.05, 0.1) is 7.11 Å². The maximum Gasteiger partial charge on any atom is 0.319 e. The van der Waals surface area contributed by atoms with E-state index in [4.69, 9.17) is 4.74 Å². The zero-order chi connectivity index (χ0) is 19.6. The number of carbonyl (C=O) groups excluding carboxylic acids is 1. The number of anilines is 1. The van der Waals surface area contributed by atoms with Crippen molar-refractivity contribution in [2.45, 2.75) is 38.1 Å². The highest BCUT2D eigenvalue weighted by molar-refractivity contribution is 5.89. The second kappa shape index (κ2) is 10.7. The molecule has 0 spiro atoms. The molecule has 0 radical (unpaired) electrons. The Labute approximate surface area is 167 Å². The Morgan fingerprint density at radius 2 is 2.04 bits per heavy atom. The Bertz CT molecular complexity index is 736. The normalized spacial score (nSPS) is 19.0. The minimum atomic E-state index is -0.174. The van der Waals surface area contributed by atoms with E-state index in [-0.39, 0.29) is 6.03 Å². The van der Waals surface area contributed by atoms with Crippen molar-refractivity contribution in [3.8, 4) is 5.75 Å². The number of carbonyl (C=O) groups is 1. The number of rotatable bonds is 8. The van der Waals surface area contributed by atoms with Gasteiger partial charge in [-0.25, -0.2) is 4.79 Å². The summed E-state index contributed by atoms with van der Waals surface area (Å²) in [4.78, 5) is 12.0. The van der Waals surface area contributed by atoms with Crippen LogP contribution in [-0.2, 0) is 6.42 Å². The molecule has 0 bridgehead atoms. The number of methoxy groups -OCH3 is 1. The number of urea groups is 1. The number of piperidine rings is 1. The predicted molar refractivity (Wildman–Crippen MR) is 114 cm³/mol. The number of amides is 2. The van der Waals surface area contributed by atoms with E-state index in [0.717, 1.165) is 36.7 Å². The Balaban J connectivity index is 1.33. The van der Waals surface area contributed by atoms with E-state index in [2.05, 4.69) is 46.3 Å². The van der Waals surface area contributed by atoms with Gasteiger partial charge in [-0.15, -0.1) is 0 Å². The summed E-state index contributed by atoms with van der Waals surface area (Å²) in [5.41, 5.74) is 2.17. The molecule has 1 heterocycles. The van der Waals surface area contributed by atoms with E-state index in [1.165, 1.54) is 24.8 Å². The third-order valence-electron chi connectivity index (χ3n) is 5.31. The molecule has 28 heavy (non-hydrogen) atoms. The van der Waals surface area contributed by atoms with Gasteiger partial charge in [0.15, 0.2) is 0 Å². The zero-order valence-electron chi connectivity index (χ0n) is 16.6. The molecule has 0 unspecified atom stereocenters. The minimum Gasteiger partial charge on any atom is -0.497 e. The van der Waals surface area contributed by atoms with Gasteiger partial charge in [-0.05, 0) is 62.3 Å². The molecule has 1 aliphatic rings. The number of nitrogens with one attached hydrogen (secondary N) is 3. The molecular formula is C23H31N3O2. The van der Waals surface area contributed by atoms with Gasteiger partial charge >= 0.3 is 6.03 Å². The molecule has 2 atom stereocenters. The Morgan fingerprint density at radius 3 is 2.86 bits per heavy atom. The van der Waals surface area contributed by atoms with Crippen molar-refractivity contribution in [1.82, 2.24) is 10.6 Å². The van der Waals surface area contributed by atoms with Crippen LogP contribution in [0.1, 0.15) is 31.2 Å². The molecule has 5 heteroatoms. The monoisotopic (exact) mass is 381 g/mol. The van der Waals surface area contributed by atoms with Crippen LogP contribution in [0, 0.1) is 5.92 Å². The van der Waals surface area contributed by atoms with Crippen LogP contribution in [0.25, 0.3) is 0 Å². The summed E-state index contributed by atoms with van der Waals surface area (Å²) >= 11 is 0. The van der Waals surface area contributed by atoms with Gasteiger partial charge in [-0.3, -0.25) is 0 Å². The molecule has 5 nitrogen and oxygen atoms in total. The van der Waals surface area contributed by atoms with E-state index in [1.54, 1.807) is 13.2 Å². The molecule has 0 saturated carbocycles. The van der Waals surface area contributed by atoms with Crippen molar-refractivity contribution < 1.29 is 9.53 Å². The highest BCUT2D eigenvalue weighted by Crippen LogP contribution is 2.23. The molecule has 2 aromatic rings. The number of hydrogen-bond donors (Lipinski definition) is 3. The molecule has 0 aromatic heterocycles. The molecule has 1 saturated heterocycles. The molecule has 3 rings (SSSR count). The van der Waals surface area contributed by atoms with Crippen LogP contribution >= 0.6 is 0 Å². The van der Waals surface area contributed by atoms with Crippen molar-refractivity contribution in [2.24, 2.45) is 5.92 Å². The van der Waals surface area contributed by atoms with E-state index < -0.39 is 0 Å². The Kier molecular flexibility index (Phi) is 7.73. The Morgan fingerprint density at radius 1 is 1.18 bits per heavy atom. The lowest BCUT2D eigenvalue weighted by atomic mass is 9.86. The van der Waals surface area contributed by atoms with Gasteiger partial charge in [0, 0.05) is 24.3 Å². The van der Waals surface area contributed by atoms with Crippen LogP contribution in [-0.4, -0.2) is 32.3 Å². The first-order chi connectivity index (χ1) is 13.7. The van der Waals surface area contributed by atoms with Crippen LogP contribution in [0.3, 0.4) is 0 Å². The topological polar surface area (TPSA) is 62.4 Å². The van der Waals surface area contributed by atoms with Gasteiger partial charge in [0.25, 0.3) is 0 Å². The molecule has 3 N–H and O–H groups in total. The third kappa shape index (κ3) is 6.57. The summed E-state index contributed by atoms with van der Waals surface area (Å²) < 4.78 is 5.17. The maximum absolute atomic E-state index is 12.0. The zero-order valence-corrected chi connectivity index (χ0v) is 16.6. The van der Waals surface area contributed by atoms with Gasteiger partial charge < -0.3 is 20.7 Å². The van der Waals surface area contributed by atoms with Crippen molar-refractivity contribution in [2.75, 3.05) is 25.5 Å². The first kappa shape index (κ1) is 20.2. The van der Waals surface area contributed by atoms with Crippen LogP contribution < -0.4 is 20.7 Å². The van der Waals surface area contributed by atoms with Crippen LogP contribution in [0.4, 0.5) is 10.5 Å². The molecule has 0 aliphatic carbocycles. The summed E-state index contributed by atoms with van der Waals surface area (Å²) in [5.74, 6) is 1.48. The first-order valence-corrected chi connectivity index (χ1v) is 10.2. The van der Waals surface area contributed by atoms with Gasteiger partial charge in [-0.2, -0.15) is 0 Å². The average Bonchev–Trinajstić information content (AvgIpc) is 2.72. The molecule has 2 amide bonds. The quantitative estimate of drug-likeness (QED) is 0.600. The predicted octanol–water partition coefficient (Wildman–Crippen LogP) is 4.21. The number of ether oxygens (including phenoxy) is 1. The summed E-state index contributed by atoms with van der Waals surface area (Å²) in [5, 5.41) is 9.42. The maximum atomic E-state index is 12.0. The van der Waals surface area contributed by atoms with Gasteiger partial charge in [0.2, 0.25) is 0 Å². The summed E-state index contributed by atoms with van der Waals surface area (Å²) in [6.45, 7) is 1.77. The van der Waals surface area contributed by atoms with Crippen LogP contribution in [0.15, 0.2) is 54.6 Å². The largest absolute Gasteiger partial charge is 0.497 e. The Hall–Kier alpha value is -2.53. The minimum absolute atomic E-state index is 0.174. The summed E-state index contributed by atoms with van der Waals surface area (Å²) in [6.07, 6.45) is 5.68. The van der Waals surface area contributed by atoms with Crippen molar-refractivity contribution in [1.29, 1.82) is 0 Å². The van der Waals surface area contributed by atoms with E-state index in [0.29, 0.717) is 12.6 Å². The van der Waals surface area contributed by atoms with Crippen molar-refractivity contribution in [3.63, 3.8) is 0 Å². The SMILES string of the molecule is COc1cccc(NC(=O)NCCC[C@@H]2C[C@@H](Cc3ccccc3)CCN2)c1. The standard InChI is InChI=1S/C23H31N3O2/c1-28-22-11-5-9-21(17-22)26-23(27)25-13-6-10-20-16-19(12-14-24-20)15-18-7-3-2-4-8-18/h2-5,7-9,11,17,19-20,24H,6,10,12-16H2,1H3,(H2,25,26,27)/t19-,20-/m1/s1. The first-order valence-electron chi connectivity index (χ1n) is 10.2. The lowest BCUT2D eigenvalue weighted by Crippen LogP contribution is -2.39. The van der Waals surface area contributed by atoms with Crippen LogP contribution in [0.2, 0.25) is 0 Å². The highest BCUT2D eigenvalue weighted by Gasteiger charge is 2.21. The van der Waals surface area contributed by atoms with Crippen LogP contribution in [0.5, 0.6) is 5.75 Å². The molecule has 150 valence electrons. The average molecular weight is 382 g/mol. The van der Waals surface area contributed by atoms with E-state index in [9.17, 15) is 4.79 Å². The molecule has 1 aliphatic heterocycles. The van der Waals surface area contributed by atoms with Gasteiger partial charge in [-0.1, -0.05) is 36.4 Å². The third-order valence-corrected chi connectivity index (χ3v) is 5.31. The summed E-state index contributed by atoms with van der Waals surface area (Å²) in [6, 6.07) is 18.5.